The van der Waals surface area contributed by atoms with Crippen molar-refractivity contribution < 1.29 is 4.79 Å². The van der Waals surface area contributed by atoms with Crippen molar-refractivity contribution >= 4 is 17.2 Å². The molecule has 0 spiro atoms. The first-order valence-corrected chi connectivity index (χ1v) is 9.05. The molecule has 1 aliphatic rings. The number of aryl methyl sites for hydroxylation is 1. The zero-order valence-corrected chi connectivity index (χ0v) is 14.3. The van der Waals surface area contributed by atoms with Gasteiger partial charge in [0.05, 0.1) is 10.7 Å². The number of carbonyl (C=O) groups is 1. The van der Waals surface area contributed by atoms with Gasteiger partial charge in [0, 0.05) is 37.5 Å². The lowest BCUT2D eigenvalue weighted by Crippen LogP contribution is -2.31. The predicted octanol–water partition coefficient (Wildman–Crippen LogP) is 3.12. The van der Waals surface area contributed by atoms with Crippen molar-refractivity contribution in [3.05, 3.63) is 52.0 Å². The van der Waals surface area contributed by atoms with E-state index in [-0.39, 0.29) is 5.91 Å². The normalized spacial score (nSPS) is 18.9. The molecule has 2 heterocycles. The first-order valence-electron chi connectivity index (χ1n) is 8.17. The van der Waals surface area contributed by atoms with Crippen molar-refractivity contribution in [3.63, 3.8) is 0 Å². The van der Waals surface area contributed by atoms with Gasteiger partial charge in [-0.05, 0) is 25.3 Å². The molecule has 1 aromatic heterocycles. The summed E-state index contributed by atoms with van der Waals surface area (Å²) in [4.78, 5) is 18.8. The number of nitrogens with zero attached hydrogens (tertiary/aromatic N) is 2. The highest BCUT2D eigenvalue weighted by atomic mass is 32.1. The van der Waals surface area contributed by atoms with Crippen molar-refractivity contribution in [2.24, 2.45) is 0 Å². The molecule has 0 bridgehead atoms. The third-order valence-electron chi connectivity index (χ3n) is 4.26. The molecule has 1 unspecified atom stereocenters. The lowest BCUT2D eigenvalue weighted by molar-refractivity contribution is -0.131. The molecule has 2 aromatic rings. The van der Waals surface area contributed by atoms with Crippen molar-refractivity contribution in [1.29, 1.82) is 0 Å². The number of aromatic nitrogens is 1. The molecule has 0 saturated carbocycles. The van der Waals surface area contributed by atoms with Crippen LogP contribution in [0.25, 0.3) is 0 Å². The summed E-state index contributed by atoms with van der Waals surface area (Å²) in [6.07, 6.45) is 2.54. The maximum absolute atomic E-state index is 12.3. The second-order valence-electron chi connectivity index (χ2n) is 6.06. The predicted molar refractivity (Wildman–Crippen MR) is 93.2 cm³/mol. The van der Waals surface area contributed by atoms with Crippen LogP contribution in [0.15, 0.2) is 35.7 Å². The Bertz CT molecular complexity index is 641. The fraction of sp³-hybridized carbons (Fsp3) is 0.444. The van der Waals surface area contributed by atoms with Gasteiger partial charge >= 0.3 is 0 Å². The van der Waals surface area contributed by atoms with E-state index in [1.807, 2.05) is 30.0 Å². The van der Waals surface area contributed by atoms with Crippen molar-refractivity contribution in [2.75, 3.05) is 6.54 Å². The van der Waals surface area contributed by atoms with E-state index in [9.17, 15) is 4.79 Å². The summed E-state index contributed by atoms with van der Waals surface area (Å²) < 4.78 is 0. The molecule has 0 radical (unpaired) electrons. The SMILES string of the molecule is Cc1nc(CNC2CCC(=O)N(Cc3ccccc3)CC2)cs1. The quantitative estimate of drug-likeness (QED) is 0.917. The molecule has 4 nitrogen and oxygen atoms in total. The molecule has 5 heteroatoms. The molecule has 122 valence electrons. The van der Waals surface area contributed by atoms with Gasteiger partial charge in [-0.1, -0.05) is 30.3 Å². The molecular weight excluding hydrogens is 306 g/mol. The number of hydrogen-bond acceptors (Lipinski definition) is 4. The van der Waals surface area contributed by atoms with Gasteiger partial charge in [-0.3, -0.25) is 4.79 Å². The van der Waals surface area contributed by atoms with E-state index < -0.39 is 0 Å². The lowest BCUT2D eigenvalue weighted by Gasteiger charge is -2.21. The smallest absolute Gasteiger partial charge is 0.222 e. The Morgan fingerprint density at radius 1 is 1.30 bits per heavy atom. The van der Waals surface area contributed by atoms with Crippen LogP contribution < -0.4 is 5.32 Å². The molecule has 23 heavy (non-hydrogen) atoms. The zero-order chi connectivity index (χ0) is 16.1. The van der Waals surface area contributed by atoms with Crippen molar-refractivity contribution in [3.8, 4) is 0 Å². The molecule has 1 N–H and O–H groups in total. The van der Waals surface area contributed by atoms with Gasteiger partial charge < -0.3 is 10.2 Å². The van der Waals surface area contributed by atoms with Crippen molar-refractivity contribution in [1.82, 2.24) is 15.2 Å². The molecule has 1 aliphatic heterocycles. The highest BCUT2D eigenvalue weighted by molar-refractivity contribution is 7.09. The van der Waals surface area contributed by atoms with Gasteiger partial charge in [0.25, 0.3) is 0 Å². The Balaban J connectivity index is 1.52. The number of thiazole rings is 1. The van der Waals surface area contributed by atoms with E-state index in [1.165, 1.54) is 5.56 Å². The minimum absolute atomic E-state index is 0.266. The topological polar surface area (TPSA) is 45.2 Å². The molecule has 1 aromatic carbocycles. The van der Waals surface area contributed by atoms with Crippen LogP contribution in [0, 0.1) is 6.92 Å². The van der Waals surface area contributed by atoms with Crippen LogP contribution >= 0.6 is 11.3 Å². The summed E-state index contributed by atoms with van der Waals surface area (Å²) in [6, 6.07) is 10.6. The Hall–Kier alpha value is -1.72. The van der Waals surface area contributed by atoms with E-state index in [4.69, 9.17) is 0 Å². The number of amides is 1. The fourth-order valence-corrected chi connectivity index (χ4v) is 3.56. The molecule has 1 fully saturated rings. The van der Waals surface area contributed by atoms with E-state index in [2.05, 4.69) is 27.8 Å². The monoisotopic (exact) mass is 329 g/mol. The maximum Gasteiger partial charge on any atom is 0.222 e. The summed E-state index contributed by atoms with van der Waals surface area (Å²) in [5, 5.41) is 6.77. The van der Waals surface area contributed by atoms with Crippen LogP contribution in [0.3, 0.4) is 0 Å². The van der Waals surface area contributed by atoms with Gasteiger partial charge in [0.1, 0.15) is 0 Å². The highest BCUT2D eigenvalue weighted by Crippen LogP contribution is 2.16. The summed E-state index contributed by atoms with van der Waals surface area (Å²) in [5.41, 5.74) is 2.30. The average molecular weight is 329 g/mol. The Labute approximate surface area is 141 Å². The lowest BCUT2D eigenvalue weighted by atomic mass is 10.1. The Morgan fingerprint density at radius 2 is 2.13 bits per heavy atom. The van der Waals surface area contributed by atoms with Crippen LogP contribution in [0.2, 0.25) is 0 Å². The minimum Gasteiger partial charge on any atom is -0.338 e. The van der Waals surface area contributed by atoms with Gasteiger partial charge in [0.15, 0.2) is 0 Å². The minimum atomic E-state index is 0.266. The standard InChI is InChI=1S/C18H23N3OS/c1-14-20-17(13-23-14)11-19-16-7-8-18(22)21(10-9-16)12-15-5-3-2-4-6-15/h2-6,13,16,19H,7-12H2,1H3. The van der Waals surface area contributed by atoms with E-state index >= 15 is 0 Å². The first kappa shape index (κ1) is 16.1. The third-order valence-corrected chi connectivity index (χ3v) is 5.08. The van der Waals surface area contributed by atoms with E-state index in [1.54, 1.807) is 11.3 Å². The van der Waals surface area contributed by atoms with Crippen LogP contribution in [-0.4, -0.2) is 28.4 Å². The number of likely N-dealkylation sites (tertiary alicyclic amines) is 1. The van der Waals surface area contributed by atoms with Gasteiger partial charge in [0.2, 0.25) is 5.91 Å². The highest BCUT2D eigenvalue weighted by Gasteiger charge is 2.22. The first-order chi connectivity index (χ1) is 11.2. The molecule has 3 rings (SSSR count). The number of hydrogen-bond donors (Lipinski definition) is 1. The second kappa shape index (κ2) is 7.70. The average Bonchev–Trinajstić information content (AvgIpc) is 2.90. The largest absolute Gasteiger partial charge is 0.338 e. The molecule has 1 saturated heterocycles. The third kappa shape index (κ3) is 4.62. The van der Waals surface area contributed by atoms with Crippen LogP contribution in [0.4, 0.5) is 0 Å². The zero-order valence-electron chi connectivity index (χ0n) is 13.5. The maximum atomic E-state index is 12.3. The molecule has 0 aliphatic carbocycles. The molecule has 1 amide bonds. The number of nitrogens with one attached hydrogen (secondary N) is 1. The summed E-state index contributed by atoms with van der Waals surface area (Å²) in [7, 11) is 0. The number of carbonyl (C=O) groups excluding carboxylic acids is 1. The second-order valence-corrected chi connectivity index (χ2v) is 7.13. The van der Waals surface area contributed by atoms with Gasteiger partial charge in [-0.15, -0.1) is 11.3 Å². The van der Waals surface area contributed by atoms with Crippen LogP contribution in [-0.2, 0) is 17.9 Å². The Morgan fingerprint density at radius 3 is 2.87 bits per heavy atom. The summed E-state index contributed by atoms with van der Waals surface area (Å²) in [5.74, 6) is 0.266. The van der Waals surface area contributed by atoms with Crippen LogP contribution in [0.5, 0.6) is 0 Å². The molecular formula is C18H23N3OS. The fourth-order valence-electron chi connectivity index (χ4n) is 2.95. The summed E-state index contributed by atoms with van der Waals surface area (Å²) in [6.45, 7) is 4.36. The van der Waals surface area contributed by atoms with Crippen molar-refractivity contribution in [2.45, 2.75) is 45.3 Å². The molecule has 1 atom stereocenters. The van der Waals surface area contributed by atoms with E-state index in [0.29, 0.717) is 12.5 Å². The van der Waals surface area contributed by atoms with Gasteiger partial charge in [-0.25, -0.2) is 4.98 Å². The Kier molecular flexibility index (Phi) is 5.41. The van der Waals surface area contributed by atoms with Gasteiger partial charge in [-0.2, -0.15) is 0 Å². The number of rotatable bonds is 5. The number of benzene rings is 1. The van der Waals surface area contributed by atoms with E-state index in [0.717, 1.165) is 43.2 Å². The summed E-state index contributed by atoms with van der Waals surface area (Å²) >= 11 is 1.68. The van der Waals surface area contributed by atoms with Crippen LogP contribution in [0.1, 0.15) is 35.5 Å².